The van der Waals surface area contributed by atoms with Crippen LogP contribution in [0, 0.1) is 13.8 Å². The number of hydrogen-bond donors (Lipinski definition) is 1. The molecule has 0 bridgehead atoms. The zero-order valence-electron chi connectivity index (χ0n) is 12.5. The summed E-state index contributed by atoms with van der Waals surface area (Å²) in [7, 11) is 0. The summed E-state index contributed by atoms with van der Waals surface area (Å²) in [5.74, 6) is 0.973. The van der Waals surface area contributed by atoms with Crippen molar-refractivity contribution in [2.75, 3.05) is 0 Å². The number of hydrogen-bond acceptors (Lipinski definition) is 2. The number of rotatable bonds is 5. The molecule has 0 aromatic heterocycles. The van der Waals surface area contributed by atoms with Crippen LogP contribution in [0.1, 0.15) is 41.6 Å². The molecule has 0 spiro atoms. The molecule has 0 aliphatic carbocycles. The first-order valence-electron chi connectivity index (χ1n) is 7.15. The summed E-state index contributed by atoms with van der Waals surface area (Å²) in [5, 5.41) is 0. The Morgan fingerprint density at radius 3 is 2.20 bits per heavy atom. The highest BCUT2D eigenvalue weighted by Crippen LogP contribution is 2.28. The van der Waals surface area contributed by atoms with Crippen LogP contribution >= 0.6 is 0 Å². The fourth-order valence-corrected chi connectivity index (χ4v) is 2.39. The smallest absolute Gasteiger partial charge is 0.125 e. The Bertz CT molecular complexity index is 540. The van der Waals surface area contributed by atoms with Gasteiger partial charge in [0.1, 0.15) is 12.4 Å². The second kappa shape index (κ2) is 6.58. The van der Waals surface area contributed by atoms with Crippen LogP contribution in [-0.2, 0) is 6.61 Å². The van der Waals surface area contributed by atoms with Crippen LogP contribution in [0.3, 0.4) is 0 Å². The van der Waals surface area contributed by atoms with E-state index < -0.39 is 0 Å². The van der Waals surface area contributed by atoms with E-state index in [1.165, 1.54) is 11.1 Å². The number of nitrogens with two attached hydrogens (primary N) is 1. The zero-order valence-corrected chi connectivity index (χ0v) is 12.5. The average molecular weight is 269 g/mol. The van der Waals surface area contributed by atoms with Gasteiger partial charge < -0.3 is 10.5 Å². The topological polar surface area (TPSA) is 35.2 Å². The first-order valence-corrected chi connectivity index (χ1v) is 7.15. The Hall–Kier alpha value is -1.80. The molecule has 2 aromatic carbocycles. The minimum atomic E-state index is 0.107. The van der Waals surface area contributed by atoms with Crippen molar-refractivity contribution in [3.63, 3.8) is 0 Å². The molecule has 0 aliphatic rings. The maximum Gasteiger partial charge on any atom is 0.125 e. The molecule has 1 atom stereocenters. The van der Waals surface area contributed by atoms with Gasteiger partial charge in [-0.25, -0.2) is 0 Å². The Balaban J connectivity index is 2.16. The highest BCUT2D eigenvalue weighted by atomic mass is 16.5. The zero-order chi connectivity index (χ0) is 14.5. The highest BCUT2D eigenvalue weighted by molar-refractivity contribution is 5.44. The minimum Gasteiger partial charge on any atom is -0.488 e. The van der Waals surface area contributed by atoms with Crippen LogP contribution in [-0.4, -0.2) is 0 Å². The molecule has 0 amide bonds. The predicted octanol–water partition coefficient (Wildman–Crippen LogP) is 4.29. The van der Waals surface area contributed by atoms with E-state index in [2.05, 4.69) is 45.0 Å². The third kappa shape index (κ3) is 3.40. The van der Waals surface area contributed by atoms with Crippen molar-refractivity contribution in [2.24, 2.45) is 5.73 Å². The number of aryl methyl sites for hydroxylation is 2. The number of ether oxygens (including phenoxy) is 1. The largest absolute Gasteiger partial charge is 0.488 e. The average Bonchev–Trinajstić information content (AvgIpc) is 2.46. The Morgan fingerprint density at radius 2 is 1.65 bits per heavy atom. The van der Waals surface area contributed by atoms with Gasteiger partial charge in [0, 0.05) is 6.04 Å². The van der Waals surface area contributed by atoms with Crippen molar-refractivity contribution in [3.05, 3.63) is 64.7 Å². The van der Waals surface area contributed by atoms with E-state index in [0.29, 0.717) is 6.61 Å². The quantitative estimate of drug-likeness (QED) is 0.878. The van der Waals surface area contributed by atoms with E-state index in [0.717, 1.165) is 23.3 Å². The van der Waals surface area contributed by atoms with Crippen LogP contribution < -0.4 is 10.5 Å². The van der Waals surface area contributed by atoms with E-state index >= 15 is 0 Å². The van der Waals surface area contributed by atoms with E-state index in [1.807, 2.05) is 18.2 Å². The third-order valence-corrected chi connectivity index (χ3v) is 3.58. The number of benzene rings is 2. The molecule has 2 nitrogen and oxygen atoms in total. The first-order chi connectivity index (χ1) is 9.61. The van der Waals surface area contributed by atoms with E-state index in [-0.39, 0.29) is 6.04 Å². The van der Waals surface area contributed by atoms with Crippen LogP contribution in [0.25, 0.3) is 0 Å². The third-order valence-electron chi connectivity index (χ3n) is 3.58. The van der Waals surface area contributed by atoms with Crippen molar-refractivity contribution in [1.82, 2.24) is 0 Å². The molecule has 20 heavy (non-hydrogen) atoms. The summed E-state index contributed by atoms with van der Waals surface area (Å²) in [5.41, 5.74) is 10.8. The van der Waals surface area contributed by atoms with Crippen molar-refractivity contribution in [3.8, 4) is 5.75 Å². The summed E-state index contributed by atoms with van der Waals surface area (Å²) in [6.07, 6.45) is 0.948. The van der Waals surface area contributed by atoms with E-state index in [1.54, 1.807) is 0 Å². The van der Waals surface area contributed by atoms with Gasteiger partial charge in [0.2, 0.25) is 0 Å². The Morgan fingerprint density at radius 1 is 1.05 bits per heavy atom. The van der Waals surface area contributed by atoms with Gasteiger partial charge >= 0.3 is 0 Å². The van der Waals surface area contributed by atoms with Gasteiger partial charge in [-0.1, -0.05) is 49.4 Å². The molecule has 2 heteroatoms. The summed E-state index contributed by atoms with van der Waals surface area (Å²) in [6, 6.07) is 14.6. The van der Waals surface area contributed by atoms with Gasteiger partial charge in [0.25, 0.3) is 0 Å². The Kier molecular flexibility index (Phi) is 4.80. The monoisotopic (exact) mass is 269 g/mol. The van der Waals surface area contributed by atoms with E-state index in [4.69, 9.17) is 10.5 Å². The minimum absolute atomic E-state index is 0.107. The second-order valence-electron chi connectivity index (χ2n) is 5.27. The molecule has 2 N–H and O–H groups in total. The highest BCUT2D eigenvalue weighted by Gasteiger charge is 2.10. The molecule has 0 heterocycles. The van der Waals surface area contributed by atoms with Gasteiger partial charge in [-0.05, 0) is 42.5 Å². The fraction of sp³-hybridized carbons (Fsp3) is 0.333. The summed E-state index contributed by atoms with van der Waals surface area (Å²) in [4.78, 5) is 0. The predicted molar refractivity (Wildman–Crippen MR) is 83.9 cm³/mol. The fourth-order valence-electron chi connectivity index (χ4n) is 2.39. The molecule has 2 aromatic rings. The van der Waals surface area contributed by atoms with Crippen LogP contribution in [0.2, 0.25) is 0 Å². The molecule has 106 valence electrons. The van der Waals surface area contributed by atoms with Crippen LogP contribution in [0.4, 0.5) is 0 Å². The molecule has 0 aliphatic heterocycles. The lowest BCUT2D eigenvalue weighted by molar-refractivity contribution is 0.302. The Labute approximate surface area is 121 Å². The summed E-state index contributed by atoms with van der Waals surface area (Å²) in [6.45, 7) is 6.87. The summed E-state index contributed by atoms with van der Waals surface area (Å²) < 4.78 is 5.98. The lowest BCUT2D eigenvalue weighted by atomic mass is 9.99. The molecule has 0 fully saturated rings. The van der Waals surface area contributed by atoms with Gasteiger partial charge in [0.15, 0.2) is 0 Å². The molecule has 0 unspecified atom stereocenters. The maximum absolute atomic E-state index is 6.11. The van der Waals surface area contributed by atoms with Gasteiger partial charge in [0.05, 0.1) is 0 Å². The van der Waals surface area contributed by atoms with Gasteiger partial charge in [-0.2, -0.15) is 0 Å². The molecule has 0 saturated heterocycles. The lowest BCUT2D eigenvalue weighted by Gasteiger charge is -2.16. The SMILES string of the molecule is CC[C@H](N)c1cc(C)c(OCc2ccccc2)c(C)c1. The van der Waals surface area contributed by atoms with Crippen LogP contribution in [0.5, 0.6) is 5.75 Å². The molecular weight excluding hydrogens is 246 g/mol. The van der Waals surface area contributed by atoms with E-state index in [9.17, 15) is 0 Å². The van der Waals surface area contributed by atoms with Crippen molar-refractivity contribution < 1.29 is 4.74 Å². The van der Waals surface area contributed by atoms with Gasteiger partial charge in [-0.15, -0.1) is 0 Å². The molecule has 0 saturated carbocycles. The molecule has 0 radical (unpaired) electrons. The maximum atomic E-state index is 6.11. The van der Waals surface area contributed by atoms with Crippen molar-refractivity contribution in [1.29, 1.82) is 0 Å². The lowest BCUT2D eigenvalue weighted by Crippen LogP contribution is -2.10. The first kappa shape index (κ1) is 14.6. The standard InChI is InChI=1S/C18H23NO/c1-4-17(19)16-10-13(2)18(14(3)11-16)20-12-15-8-6-5-7-9-15/h5-11,17H,4,12,19H2,1-3H3/t17-/m0/s1. The normalized spacial score (nSPS) is 12.2. The molecular formula is C18H23NO. The second-order valence-corrected chi connectivity index (χ2v) is 5.27. The van der Waals surface area contributed by atoms with Crippen molar-refractivity contribution in [2.45, 2.75) is 39.8 Å². The molecule has 2 rings (SSSR count). The van der Waals surface area contributed by atoms with Gasteiger partial charge in [-0.3, -0.25) is 0 Å². The van der Waals surface area contributed by atoms with Crippen LogP contribution in [0.15, 0.2) is 42.5 Å². The van der Waals surface area contributed by atoms with Crippen molar-refractivity contribution >= 4 is 0 Å². The summed E-state index contributed by atoms with van der Waals surface area (Å²) >= 11 is 0.